The lowest BCUT2D eigenvalue weighted by Crippen LogP contribution is -2.36. The summed E-state index contributed by atoms with van der Waals surface area (Å²) in [7, 11) is -1.36. The Bertz CT molecular complexity index is 374. The lowest BCUT2D eigenvalue weighted by molar-refractivity contribution is 0.0620. The van der Waals surface area contributed by atoms with Crippen LogP contribution in [0.5, 0.6) is 0 Å². The largest absolute Gasteiger partial charge is 0.381 e. The van der Waals surface area contributed by atoms with Crippen molar-refractivity contribution in [3.63, 3.8) is 0 Å². The van der Waals surface area contributed by atoms with Crippen LogP contribution in [0.15, 0.2) is 0 Å². The Balaban J connectivity index is 1.75. The van der Waals surface area contributed by atoms with Crippen LogP contribution in [0, 0.1) is 11.8 Å². The van der Waals surface area contributed by atoms with Gasteiger partial charge in [-0.1, -0.05) is 0 Å². The summed E-state index contributed by atoms with van der Waals surface area (Å²) >= 11 is 0. The molecule has 0 aromatic heterocycles. The molecule has 20 heavy (non-hydrogen) atoms. The molecule has 2 aliphatic rings. The summed E-state index contributed by atoms with van der Waals surface area (Å²) in [5.41, 5.74) is 0. The van der Waals surface area contributed by atoms with E-state index in [0.717, 1.165) is 58.4 Å². The fourth-order valence-corrected chi connectivity index (χ4v) is 4.43. The van der Waals surface area contributed by atoms with Gasteiger partial charge in [-0.25, -0.2) is 12.7 Å². The van der Waals surface area contributed by atoms with Crippen molar-refractivity contribution in [3.05, 3.63) is 0 Å². The van der Waals surface area contributed by atoms with Crippen LogP contribution >= 0.6 is 0 Å². The van der Waals surface area contributed by atoms with Crippen molar-refractivity contribution >= 4 is 10.0 Å². The first-order chi connectivity index (χ1) is 9.58. The van der Waals surface area contributed by atoms with Gasteiger partial charge in [-0.3, -0.25) is 0 Å². The summed E-state index contributed by atoms with van der Waals surface area (Å²) in [6, 6.07) is 0. The number of ether oxygens (including phenoxy) is 1. The van der Waals surface area contributed by atoms with Crippen molar-refractivity contribution in [2.75, 3.05) is 45.6 Å². The van der Waals surface area contributed by atoms with Crippen molar-refractivity contribution < 1.29 is 13.2 Å². The number of sulfonamides is 1. The predicted octanol–water partition coefficient (Wildman–Crippen LogP) is 1.06. The smallest absolute Gasteiger partial charge is 0.213 e. The van der Waals surface area contributed by atoms with E-state index in [1.807, 2.05) is 0 Å². The van der Waals surface area contributed by atoms with Crippen LogP contribution in [0.4, 0.5) is 0 Å². The summed E-state index contributed by atoms with van der Waals surface area (Å²) in [6.07, 6.45) is 4.99. The van der Waals surface area contributed by atoms with Gasteiger partial charge in [-0.05, 0) is 57.0 Å². The molecule has 2 rings (SSSR count). The molecule has 5 nitrogen and oxygen atoms in total. The second-order valence-electron chi connectivity index (χ2n) is 6.13. The SMILES string of the molecule is CN(CC1CCOCC1)S(=O)(=O)CCC1CCNCC1. The van der Waals surface area contributed by atoms with Gasteiger partial charge in [0.1, 0.15) is 0 Å². The van der Waals surface area contributed by atoms with Gasteiger partial charge in [0.25, 0.3) is 0 Å². The minimum Gasteiger partial charge on any atom is -0.381 e. The molecule has 0 spiro atoms. The molecule has 1 N–H and O–H groups in total. The van der Waals surface area contributed by atoms with Gasteiger partial charge < -0.3 is 10.1 Å². The zero-order chi connectivity index (χ0) is 14.4. The number of rotatable bonds is 6. The first-order valence-electron chi connectivity index (χ1n) is 7.80. The third-order valence-electron chi connectivity index (χ3n) is 4.57. The minimum absolute atomic E-state index is 0.303. The van der Waals surface area contributed by atoms with Crippen LogP contribution in [0.25, 0.3) is 0 Å². The zero-order valence-electron chi connectivity index (χ0n) is 12.5. The number of nitrogens with zero attached hydrogens (tertiary/aromatic N) is 1. The molecule has 0 aliphatic carbocycles. The highest BCUT2D eigenvalue weighted by molar-refractivity contribution is 7.89. The molecule has 0 amide bonds. The van der Waals surface area contributed by atoms with Gasteiger partial charge >= 0.3 is 0 Å². The Kier molecular flexibility index (Phi) is 6.26. The quantitative estimate of drug-likeness (QED) is 0.797. The highest BCUT2D eigenvalue weighted by Crippen LogP contribution is 2.20. The first-order valence-corrected chi connectivity index (χ1v) is 9.41. The summed E-state index contributed by atoms with van der Waals surface area (Å²) < 4.78 is 31.5. The molecular weight excluding hydrogens is 276 g/mol. The zero-order valence-corrected chi connectivity index (χ0v) is 13.3. The first kappa shape index (κ1) is 16.2. The molecule has 0 aromatic carbocycles. The van der Waals surface area contributed by atoms with Crippen molar-refractivity contribution in [2.24, 2.45) is 11.8 Å². The van der Waals surface area contributed by atoms with E-state index in [1.165, 1.54) is 0 Å². The normalized spacial score (nSPS) is 23.3. The maximum Gasteiger partial charge on any atom is 0.213 e. The van der Waals surface area contributed by atoms with Crippen LogP contribution in [0.3, 0.4) is 0 Å². The molecule has 0 bridgehead atoms. The van der Waals surface area contributed by atoms with Crippen LogP contribution < -0.4 is 5.32 Å². The van der Waals surface area contributed by atoms with E-state index in [2.05, 4.69) is 5.32 Å². The topological polar surface area (TPSA) is 58.6 Å². The van der Waals surface area contributed by atoms with Crippen molar-refractivity contribution in [1.82, 2.24) is 9.62 Å². The Hall–Kier alpha value is -0.170. The molecule has 2 saturated heterocycles. The monoisotopic (exact) mass is 304 g/mol. The van der Waals surface area contributed by atoms with Gasteiger partial charge in [0.2, 0.25) is 10.0 Å². The van der Waals surface area contributed by atoms with Crippen molar-refractivity contribution in [1.29, 1.82) is 0 Å². The van der Waals surface area contributed by atoms with Crippen molar-refractivity contribution in [2.45, 2.75) is 32.1 Å². The van der Waals surface area contributed by atoms with Crippen LogP contribution in [-0.2, 0) is 14.8 Å². The van der Waals surface area contributed by atoms with E-state index >= 15 is 0 Å². The van der Waals surface area contributed by atoms with Crippen LogP contribution in [0.1, 0.15) is 32.1 Å². The third-order valence-corrected chi connectivity index (χ3v) is 6.42. The Morgan fingerprint density at radius 3 is 2.40 bits per heavy atom. The van der Waals surface area contributed by atoms with Gasteiger partial charge in [0.15, 0.2) is 0 Å². The second kappa shape index (κ2) is 7.73. The maximum absolute atomic E-state index is 12.3. The average Bonchev–Trinajstić information content (AvgIpc) is 2.47. The highest BCUT2D eigenvalue weighted by atomic mass is 32.2. The van der Waals surface area contributed by atoms with E-state index in [0.29, 0.717) is 24.1 Å². The summed E-state index contributed by atoms with van der Waals surface area (Å²) in [4.78, 5) is 0. The van der Waals surface area contributed by atoms with E-state index in [4.69, 9.17) is 4.74 Å². The van der Waals surface area contributed by atoms with Crippen molar-refractivity contribution in [3.8, 4) is 0 Å². The second-order valence-corrected chi connectivity index (χ2v) is 8.33. The molecule has 2 aliphatic heterocycles. The van der Waals surface area contributed by atoms with E-state index < -0.39 is 10.0 Å². The predicted molar refractivity (Wildman–Crippen MR) is 80.2 cm³/mol. The fraction of sp³-hybridized carbons (Fsp3) is 1.00. The molecular formula is C14H28N2O3S. The maximum atomic E-state index is 12.3. The van der Waals surface area contributed by atoms with Crippen LogP contribution in [-0.4, -0.2) is 58.4 Å². The lowest BCUT2D eigenvalue weighted by Gasteiger charge is -2.28. The molecule has 0 saturated carbocycles. The van der Waals surface area contributed by atoms with E-state index in [1.54, 1.807) is 11.4 Å². The van der Waals surface area contributed by atoms with E-state index in [-0.39, 0.29) is 0 Å². The number of hydrogen-bond donors (Lipinski definition) is 1. The Morgan fingerprint density at radius 2 is 1.75 bits per heavy atom. The molecule has 6 heteroatoms. The highest BCUT2D eigenvalue weighted by Gasteiger charge is 2.24. The van der Waals surface area contributed by atoms with Gasteiger partial charge in [0, 0.05) is 26.8 Å². The average molecular weight is 304 g/mol. The molecule has 0 atom stereocenters. The lowest BCUT2D eigenvalue weighted by atomic mass is 9.96. The molecule has 118 valence electrons. The standard InChI is InChI=1S/C14H28N2O3S/c1-16(12-14-4-9-19-10-5-14)20(17,18)11-6-13-2-7-15-8-3-13/h13-15H,2-12H2,1H3. The minimum atomic E-state index is -3.09. The summed E-state index contributed by atoms with van der Waals surface area (Å²) in [6.45, 7) is 4.25. The number of piperidine rings is 1. The molecule has 0 aromatic rings. The summed E-state index contributed by atoms with van der Waals surface area (Å²) in [5.74, 6) is 1.34. The third kappa shape index (κ3) is 4.98. The van der Waals surface area contributed by atoms with Gasteiger partial charge in [-0.2, -0.15) is 0 Å². The molecule has 2 fully saturated rings. The Labute approximate surface area is 123 Å². The summed E-state index contributed by atoms with van der Waals surface area (Å²) in [5, 5.41) is 3.32. The van der Waals surface area contributed by atoms with Gasteiger partial charge in [0.05, 0.1) is 5.75 Å². The van der Waals surface area contributed by atoms with Crippen LogP contribution in [0.2, 0.25) is 0 Å². The van der Waals surface area contributed by atoms with Gasteiger partial charge in [-0.15, -0.1) is 0 Å². The van der Waals surface area contributed by atoms with E-state index in [9.17, 15) is 8.42 Å². The molecule has 0 unspecified atom stereocenters. The molecule has 2 heterocycles. The number of hydrogen-bond acceptors (Lipinski definition) is 4. The fourth-order valence-electron chi connectivity index (χ4n) is 3.05. The number of nitrogens with one attached hydrogen (secondary N) is 1. The molecule has 0 radical (unpaired) electrons. The Morgan fingerprint density at radius 1 is 1.10 bits per heavy atom.